The molecule has 0 spiro atoms. The number of aromatic nitrogens is 2. The van der Waals surface area contributed by atoms with Gasteiger partial charge in [-0.25, -0.2) is 0 Å². The van der Waals surface area contributed by atoms with Gasteiger partial charge in [0.15, 0.2) is 0 Å². The van der Waals surface area contributed by atoms with Gasteiger partial charge in [-0.15, -0.1) is 0 Å². The number of hydrogen-bond acceptors (Lipinski definition) is 3. The van der Waals surface area contributed by atoms with Crippen molar-refractivity contribution in [2.24, 2.45) is 13.0 Å². The van der Waals surface area contributed by atoms with Gasteiger partial charge in [-0.1, -0.05) is 19.8 Å². The van der Waals surface area contributed by atoms with Crippen molar-refractivity contribution in [3.63, 3.8) is 0 Å². The van der Waals surface area contributed by atoms with Crippen LogP contribution in [0.15, 0.2) is 22.0 Å². The van der Waals surface area contributed by atoms with Crippen LogP contribution in [0.5, 0.6) is 0 Å². The minimum Gasteiger partial charge on any atom is -0.312 e. The Morgan fingerprint density at radius 1 is 1.21 bits per heavy atom. The van der Waals surface area contributed by atoms with Crippen LogP contribution >= 0.6 is 0 Å². The van der Waals surface area contributed by atoms with Crippen molar-refractivity contribution < 1.29 is 0 Å². The second kappa shape index (κ2) is 6.19. The fraction of sp³-hybridized carbons (Fsp3) is 0.714. The van der Waals surface area contributed by atoms with E-state index in [2.05, 4.69) is 12.2 Å². The van der Waals surface area contributed by atoms with Gasteiger partial charge in [0, 0.05) is 38.6 Å². The average molecular weight is 265 g/mol. The highest BCUT2D eigenvalue weighted by atomic mass is 16.2. The Hall–Kier alpha value is -1.36. The van der Waals surface area contributed by atoms with Crippen molar-refractivity contribution in [1.82, 2.24) is 14.5 Å². The first kappa shape index (κ1) is 14.1. The molecule has 2 rings (SSSR count). The summed E-state index contributed by atoms with van der Waals surface area (Å²) >= 11 is 0. The highest BCUT2D eigenvalue weighted by Gasteiger charge is 2.20. The predicted octanol–water partition coefficient (Wildman–Crippen LogP) is 0.715. The third kappa shape index (κ3) is 3.35. The Kier molecular flexibility index (Phi) is 4.58. The molecule has 1 fully saturated rings. The van der Waals surface area contributed by atoms with Gasteiger partial charge in [0.2, 0.25) is 0 Å². The summed E-state index contributed by atoms with van der Waals surface area (Å²) in [5.41, 5.74) is -0.906. The maximum atomic E-state index is 11.7. The summed E-state index contributed by atoms with van der Waals surface area (Å²) in [6, 6.07) is 0.552. The molecule has 1 N–H and O–H groups in total. The molecule has 1 aliphatic carbocycles. The third-order valence-corrected chi connectivity index (χ3v) is 4.11. The smallest absolute Gasteiger partial charge is 0.312 e. The summed E-state index contributed by atoms with van der Waals surface area (Å²) < 4.78 is 2.80. The molecule has 106 valence electrons. The van der Waals surface area contributed by atoms with Crippen molar-refractivity contribution >= 4 is 0 Å². The first-order valence-electron chi connectivity index (χ1n) is 7.09. The summed E-state index contributed by atoms with van der Waals surface area (Å²) in [5.74, 6) is 0.703. The minimum absolute atomic E-state index is 0.441. The van der Waals surface area contributed by atoms with E-state index in [1.807, 2.05) is 0 Å². The maximum absolute atomic E-state index is 11.7. The van der Waals surface area contributed by atoms with E-state index >= 15 is 0 Å². The third-order valence-electron chi connectivity index (χ3n) is 4.11. The van der Waals surface area contributed by atoms with Crippen LogP contribution in [0.4, 0.5) is 0 Å². The summed E-state index contributed by atoms with van der Waals surface area (Å²) in [7, 11) is 1.59. The number of aryl methyl sites for hydroxylation is 1. The molecule has 19 heavy (non-hydrogen) atoms. The van der Waals surface area contributed by atoms with Crippen molar-refractivity contribution in [1.29, 1.82) is 0 Å². The summed E-state index contributed by atoms with van der Waals surface area (Å²) in [6.07, 6.45) is 8.42. The second-order valence-electron chi connectivity index (χ2n) is 5.54. The molecule has 5 nitrogen and oxygen atoms in total. The number of rotatable bonds is 4. The fourth-order valence-corrected chi connectivity index (χ4v) is 2.76. The normalized spacial score (nSPS) is 23.5. The molecule has 1 aliphatic rings. The van der Waals surface area contributed by atoms with Crippen molar-refractivity contribution in [3.8, 4) is 0 Å². The molecule has 0 aromatic carbocycles. The molecule has 0 aliphatic heterocycles. The lowest BCUT2D eigenvalue weighted by molar-refractivity contribution is 0.278. The Morgan fingerprint density at radius 3 is 2.68 bits per heavy atom. The lowest BCUT2D eigenvalue weighted by atomic mass is 9.86. The molecule has 1 aromatic heterocycles. The van der Waals surface area contributed by atoms with Gasteiger partial charge >= 0.3 is 11.1 Å². The molecule has 5 heteroatoms. The largest absolute Gasteiger partial charge is 0.316 e. The van der Waals surface area contributed by atoms with E-state index in [-0.39, 0.29) is 0 Å². The van der Waals surface area contributed by atoms with Crippen LogP contribution in [-0.4, -0.2) is 21.7 Å². The molecule has 0 amide bonds. The second-order valence-corrected chi connectivity index (χ2v) is 5.54. The standard InChI is InChI=1S/C14H23N3O2/c1-11-5-3-4-6-12(11)15-7-8-17-10-9-16(2)13(18)14(17)19/h9-12,15H,3-8H2,1-2H3. The van der Waals surface area contributed by atoms with Gasteiger partial charge in [0.1, 0.15) is 0 Å². The molecule has 1 heterocycles. The molecule has 0 saturated heterocycles. The van der Waals surface area contributed by atoms with Crippen LogP contribution in [0.1, 0.15) is 32.6 Å². The minimum atomic E-state index is -0.464. The van der Waals surface area contributed by atoms with E-state index in [1.54, 1.807) is 19.4 Å². The van der Waals surface area contributed by atoms with Gasteiger partial charge < -0.3 is 14.5 Å². The number of hydrogen-bond donors (Lipinski definition) is 1. The number of nitrogens with zero attached hydrogens (tertiary/aromatic N) is 2. The molecular formula is C14H23N3O2. The fourth-order valence-electron chi connectivity index (χ4n) is 2.76. The zero-order valence-electron chi connectivity index (χ0n) is 11.8. The van der Waals surface area contributed by atoms with Gasteiger partial charge in [0.05, 0.1) is 0 Å². The quantitative estimate of drug-likeness (QED) is 0.816. The van der Waals surface area contributed by atoms with Crippen molar-refractivity contribution in [2.45, 2.75) is 45.2 Å². The maximum Gasteiger partial charge on any atom is 0.316 e. The van der Waals surface area contributed by atoms with Gasteiger partial charge in [0.25, 0.3) is 0 Å². The number of nitrogens with one attached hydrogen (secondary N) is 1. The van der Waals surface area contributed by atoms with Crippen LogP contribution < -0.4 is 16.4 Å². The molecular weight excluding hydrogens is 242 g/mol. The topological polar surface area (TPSA) is 56.0 Å². The Labute approximate surface area is 113 Å². The lowest BCUT2D eigenvalue weighted by Crippen LogP contribution is -2.43. The van der Waals surface area contributed by atoms with Crippen molar-refractivity contribution in [2.75, 3.05) is 6.54 Å². The first-order valence-corrected chi connectivity index (χ1v) is 7.09. The Balaban J connectivity index is 1.91. The van der Waals surface area contributed by atoms with E-state index in [0.29, 0.717) is 18.5 Å². The van der Waals surface area contributed by atoms with E-state index in [4.69, 9.17) is 0 Å². The zero-order chi connectivity index (χ0) is 13.8. The molecule has 2 unspecified atom stereocenters. The van der Waals surface area contributed by atoms with Crippen LogP contribution in [0.2, 0.25) is 0 Å². The Morgan fingerprint density at radius 2 is 1.95 bits per heavy atom. The average Bonchev–Trinajstić information content (AvgIpc) is 2.41. The Bertz CT molecular complexity index is 532. The predicted molar refractivity (Wildman–Crippen MR) is 75.4 cm³/mol. The molecule has 0 bridgehead atoms. The zero-order valence-corrected chi connectivity index (χ0v) is 11.8. The molecule has 1 aromatic rings. The van der Waals surface area contributed by atoms with Gasteiger partial charge in [-0.3, -0.25) is 9.59 Å². The monoisotopic (exact) mass is 265 g/mol. The van der Waals surface area contributed by atoms with Crippen LogP contribution in [-0.2, 0) is 13.6 Å². The summed E-state index contributed by atoms with van der Waals surface area (Å²) in [5, 5.41) is 3.51. The van der Waals surface area contributed by atoms with E-state index in [1.165, 1.54) is 34.8 Å². The summed E-state index contributed by atoms with van der Waals surface area (Å²) in [6.45, 7) is 3.57. The highest BCUT2D eigenvalue weighted by Crippen LogP contribution is 2.23. The van der Waals surface area contributed by atoms with Crippen LogP contribution in [0, 0.1) is 5.92 Å². The molecule has 2 atom stereocenters. The highest BCUT2D eigenvalue weighted by molar-refractivity contribution is 4.85. The summed E-state index contributed by atoms with van der Waals surface area (Å²) in [4.78, 5) is 23.3. The van der Waals surface area contributed by atoms with E-state index < -0.39 is 11.1 Å². The van der Waals surface area contributed by atoms with Gasteiger partial charge in [-0.2, -0.15) is 0 Å². The van der Waals surface area contributed by atoms with E-state index in [9.17, 15) is 9.59 Å². The van der Waals surface area contributed by atoms with Crippen LogP contribution in [0.25, 0.3) is 0 Å². The SMILES string of the molecule is CC1CCCCC1NCCn1ccn(C)c(=O)c1=O. The van der Waals surface area contributed by atoms with E-state index in [0.717, 1.165) is 6.54 Å². The van der Waals surface area contributed by atoms with Crippen molar-refractivity contribution in [3.05, 3.63) is 33.1 Å². The first-order chi connectivity index (χ1) is 9.09. The lowest BCUT2D eigenvalue weighted by Gasteiger charge is -2.29. The molecule has 1 saturated carbocycles. The van der Waals surface area contributed by atoms with Crippen LogP contribution in [0.3, 0.4) is 0 Å². The van der Waals surface area contributed by atoms with Gasteiger partial charge in [-0.05, 0) is 18.8 Å². The molecule has 0 radical (unpaired) electrons.